The SMILES string of the molecule is O=C(CN1C(=O)c2ccccc2C1=O)NCCCCCCNc1ccnc2cc(Cl)ccc12. The zero-order valence-electron chi connectivity index (χ0n) is 18.1. The average Bonchev–Trinajstić information content (AvgIpc) is 3.05. The molecule has 0 bridgehead atoms. The van der Waals surface area contributed by atoms with Crippen LogP contribution < -0.4 is 10.6 Å². The van der Waals surface area contributed by atoms with Gasteiger partial charge in [-0.15, -0.1) is 0 Å². The number of nitrogens with one attached hydrogen (secondary N) is 2. The molecule has 2 aromatic carbocycles. The molecule has 3 amide bonds. The first-order valence-electron chi connectivity index (χ1n) is 11.0. The van der Waals surface area contributed by atoms with Crippen LogP contribution in [0, 0.1) is 0 Å². The monoisotopic (exact) mass is 464 g/mol. The molecule has 33 heavy (non-hydrogen) atoms. The molecular weight excluding hydrogens is 440 g/mol. The zero-order chi connectivity index (χ0) is 23.2. The lowest BCUT2D eigenvalue weighted by Crippen LogP contribution is -2.40. The Morgan fingerprint density at radius 2 is 1.61 bits per heavy atom. The fourth-order valence-electron chi connectivity index (χ4n) is 3.91. The topological polar surface area (TPSA) is 91.4 Å². The molecule has 1 aliphatic rings. The summed E-state index contributed by atoms with van der Waals surface area (Å²) < 4.78 is 0. The molecule has 2 N–H and O–H groups in total. The van der Waals surface area contributed by atoms with Crippen molar-refractivity contribution < 1.29 is 14.4 Å². The molecule has 1 aliphatic heterocycles. The van der Waals surface area contributed by atoms with E-state index < -0.39 is 11.8 Å². The first-order chi connectivity index (χ1) is 16.0. The second-order valence-corrected chi connectivity index (χ2v) is 8.39. The molecule has 0 radical (unpaired) electrons. The Bertz CT molecular complexity index is 1160. The smallest absolute Gasteiger partial charge is 0.262 e. The van der Waals surface area contributed by atoms with Gasteiger partial charge < -0.3 is 10.6 Å². The van der Waals surface area contributed by atoms with Crippen molar-refractivity contribution in [2.75, 3.05) is 25.0 Å². The van der Waals surface area contributed by atoms with Crippen molar-refractivity contribution in [1.29, 1.82) is 0 Å². The van der Waals surface area contributed by atoms with Gasteiger partial charge in [0.15, 0.2) is 0 Å². The molecule has 8 heteroatoms. The second-order valence-electron chi connectivity index (χ2n) is 7.95. The van der Waals surface area contributed by atoms with Gasteiger partial charge in [0, 0.05) is 35.4 Å². The molecule has 0 fully saturated rings. The summed E-state index contributed by atoms with van der Waals surface area (Å²) in [5, 5.41) is 7.96. The number of carbonyl (C=O) groups excluding carboxylic acids is 3. The summed E-state index contributed by atoms with van der Waals surface area (Å²) in [5.74, 6) is -1.15. The van der Waals surface area contributed by atoms with Crippen LogP contribution in [-0.2, 0) is 4.79 Å². The predicted molar refractivity (Wildman–Crippen MR) is 129 cm³/mol. The van der Waals surface area contributed by atoms with Crippen LogP contribution in [0.1, 0.15) is 46.4 Å². The van der Waals surface area contributed by atoms with E-state index in [1.807, 2.05) is 24.3 Å². The van der Waals surface area contributed by atoms with E-state index >= 15 is 0 Å². The van der Waals surface area contributed by atoms with Crippen LogP contribution in [0.25, 0.3) is 10.9 Å². The van der Waals surface area contributed by atoms with Gasteiger partial charge in [-0.25, -0.2) is 0 Å². The molecule has 0 saturated heterocycles. The van der Waals surface area contributed by atoms with E-state index in [1.165, 1.54) is 0 Å². The summed E-state index contributed by atoms with van der Waals surface area (Å²) in [4.78, 5) is 42.2. The van der Waals surface area contributed by atoms with Crippen molar-refractivity contribution in [3.8, 4) is 0 Å². The first kappa shape index (κ1) is 22.7. The van der Waals surface area contributed by atoms with E-state index in [9.17, 15) is 14.4 Å². The number of anilines is 1. The fraction of sp³-hybridized carbons (Fsp3) is 0.280. The quantitative estimate of drug-likeness (QED) is 0.345. The number of nitrogens with zero attached hydrogens (tertiary/aromatic N) is 2. The molecule has 1 aromatic heterocycles. The maximum atomic E-state index is 12.3. The van der Waals surface area contributed by atoms with Crippen LogP contribution in [0.2, 0.25) is 5.02 Å². The Labute approximate surface area is 197 Å². The second kappa shape index (κ2) is 10.4. The highest BCUT2D eigenvalue weighted by Crippen LogP contribution is 2.24. The van der Waals surface area contributed by atoms with Crippen LogP contribution in [0.4, 0.5) is 5.69 Å². The van der Waals surface area contributed by atoms with Crippen LogP contribution in [0.15, 0.2) is 54.7 Å². The number of pyridine rings is 1. The largest absolute Gasteiger partial charge is 0.384 e. The van der Waals surface area contributed by atoms with Gasteiger partial charge in [0.05, 0.1) is 16.6 Å². The number of imide groups is 1. The van der Waals surface area contributed by atoms with E-state index in [2.05, 4.69) is 15.6 Å². The third-order valence-corrected chi connectivity index (χ3v) is 5.86. The van der Waals surface area contributed by atoms with Crippen LogP contribution in [0.3, 0.4) is 0 Å². The summed E-state index contributed by atoms with van der Waals surface area (Å²) in [5.41, 5.74) is 2.61. The van der Waals surface area contributed by atoms with Crippen LogP contribution in [-0.4, -0.2) is 47.2 Å². The normalized spacial score (nSPS) is 12.8. The molecule has 2 heterocycles. The summed E-state index contributed by atoms with van der Waals surface area (Å²) in [6, 6.07) is 14.3. The summed E-state index contributed by atoms with van der Waals surface area (Å²) >= 11 is 6.03. The van der Waals surface area contributed by atoms with Crippen molar-refractivity contribution in [2.24, 2.45) is 0 Å². The number of benzene rings is 2. The van der Waals surface area contributed by atoms with E-state index in [1.54, 1.807) is 30.5 Å². The van der Waals surface area contributed by atoms with Crippen molar-refractivity contribution in [3.05, 3.63) is 70.9 Å². The van der Waals surface area contributed by atoms with Gasteiger partial charge in [-0.3, -0.25) is 24.3 Å². The number of aromatic nitrogens is 1. The van der Waals surface area contributed by atoms with Crippen LogP contribution >= 0.6 is 11.6 Å². The highest BCUT2D eigenvalue weighted by Gasteiger charge is 2.36. The van der Waals surface area contributed by atoms with E-state index in [0.717, 1.165) is 53.7 Å². The standard InChI is InChI=1S/C25H25ClN4O3/c26-17-9-10-20-21(11-14-28-22(20)15-17)27-12-5-1-2-6-13-29-23(31)16-30-24(32)18-7-3-4-8-19(18)25(30)33/h3-4,7-11,14-15H,1-2,5-6,12-13,16H2,(H,27,28)(H,29,31). The van der Waals surface area contributed by atoms with E-state index in [0.29, 0.717) is 22.7 Å². The lowest BCUT2D eigenvalue weighted by Gasteiger charge is -2.13. The van der Waals surface area contributed by atoms with Crippen LogP contribution in [0.5, 0.6) is 0 Å². The molecule has 4 rings (SSSR count). The maximum Gasteiger partial charge on any atom is 0.262 e. The van der Waals surface area contributed by atoms with Crippen molar-refractivity contribution in [3.63, 3.8) is 0 Å². The number of rotatable bonds is 10. The van der Waals surface area contributed by atoms with E-state index in [-0.39, 0.29) is 12.5 Å². The lowest BCUT2D eigenvalue weighted by atomic mass is 10.1. The Balaban J connectivity index is 1.11. The fourth-order valence-corrected chi connectivity index (χ4v) is 4.08. The summed E-state index contributed by atoms with van der Waals surface area (Å²) in [6.07, 6.45) is 5.61. The number of carbonyl (C=O) groups is 3. The molecular formula is C25H25ClN4O3. The van der Waals surface area contributed by atoms with Gasteiger partial charge in [-0.1, -0.05) is 36.6 Å². The predicted octanol–water partition coefficient (Wildman–Crippen LogP) is 4.27. The third kappa shape index (κ3) is 5.31. The Hall–Kier alpha value is -3.45. The molecule has 7 nitrogen and oxygen atoms in total. The molecule has 0 atom stereocenters. The number of hydrogen-bond donors (Lipinski definition) is 2. The first-order valence-corrected chi connectivity index (χ1v) is 11.4. The maximum absolute atomic E-state index is 12.3. The molecule has 0 saturated carbocycles. The summed E-state index contributed by atoms with van der Waals surface area (Å²) in [6.45, 7) is 1.11. The number of halogens is 1. The third-order valence-electron chi connectivity index (χ3n) is 5.63. The van der Waals surface area contributed by atoms with Gasteiger partial charge in [-0.05, 0) is 49.2 Å². The van der Waals surface area contributed by atoms with Gasteiger partial charge in [-0.2, -0.15) is 0 Å². The molecule has 0 aliphatic carbocycles. The highest BCUT2D eigenvalue weighted by molar-refractivity contribution is 6.31. The van der Waals surface area contributed by atoms with Gasteiger partial charge in [0.1, 0.15) is 6.54 Å². The number of unbranched alkanes of at least 4 members (excludes halogenated alkanes) is 3. The lowest BCUT2D eigenvalue weighted by molar-refractivity contribution is -0.121. The highest BCUT2D eigenvalue weighted by atomic mass is 35.5. The average molecular weight is 465 g/mol. The minimum atomic E-state index is -0.414. The van der Waals surface area contributed by atoms with Gasteiger partial charge in [0.25, 0.3) is 11.8 Å². The Morgan fingerprint density at radius 1 is 0.909 bits per heavy atom. The van der Waals surface area contributed by atoms with Crippen molar-refractivity contribution in [1.82, 2.24) is 15.2 Å². The Morgan fingerprint density at radius 3 is 2.33 bits per heavy atom. The van der Waals surface area contributed by atoms with Gasteiger partial charge >= 0.3 is 0 Å². The molecule has 170 valence electrons. The molecule has 0 spiro atoms. The minimum Gasteiger partial charge on any atom is -0.384 e. The van der Waals surface area contributed by atoms with E-state index in [4.69, 9.17) is 11.6 Å². The number of amides is 3. The molecule has 0 unspecified atom stereocenters. The summed E-state index contributed by atoms with van der Waals surface area (Å²) in [7, 11) is 0. The molecule has 3 aromatic rings. The number of fused-ring (bicyclic) bond motifs is 2. The zero-order valence-corrected chi connectivity index (χ0v) is 18.9. The van der Waals surface area contributed by atoms with Crippen molar-refractivity contribution in [2.45, 2.75) is 25.7 Å². The van der Waals surface area contributed by atoms with Gasteiger partial charge in [0.2, 0.25) is 5.91 Å². The van der Waals surface area contributed by atoms with Crippen molar-refractivity contribution >= 4 is 45.9 Å². The number of hydrogen-bond acceptors (Lipinski definition) is 5. The Kier molecular flexibility index (Phi) is 7.19. The minimum absolute atomic E-state index is 0.249.